The van der Waals surface area contributed by atoms with Crippen molar-refractivity contribution in [1.82, 2.24) is 4.98 Å². The smallest absolute Gasteiger partial charge is 0.382 e. The molecule has 0 bridgehead atoms. The molecule has 0 saturated heterocycles. The van der Waals surface area contributed by atoms with Crippen LogP contribution in [0.4, 0.5) is 13.2 Å². The fourth-order valence-corrected chi connectivity index (χ4v) is 1.23. The van der Waals surface area contributed by atoms with Gasteiger partial charge in [-0.2, -0.15) is 13.2 Å². The van der Waals surface area contributed by atoms with Crippen LogP contribution in [0.3, 0.4) is 0 Å². The van der Waals surface area contributed by atoms with Gasteiger partial charge in [-0.15, -0.1) is 0 Å². The van der Waals surface area contributed by atoms with Gasteiger partial charge in [-0.05, 0) is 18.2 Å². The van der Waals surface area contributed by atoms with Crippen molar-refractivity contribution < 1.29 is 13.2 Å². The normalized spacial score (nSPS) is 13.8. The maximum absolute atomic E-state index is 12.5. The highest BCUT2D eigenvalue weighted by Gasteiger charge is 2.32. The van der Waals surface area contributed by atoms with E-state index in [2.05, 4.69) is 21.5 Å². The Bertz CT molecular complexity index is 571. The second-order valence-electron chi connectivity index (χ2n) is 3.58. The zero-order valence-electron chi connectivity index (χ0n) is 10.7. The highest BCUT2D eigenvalue weighted by molar-refractivity contribution is 6.07. The van der Waals surface area contributed by atoms with E-state index in [0.717, 1.165) is 6.07 Å². The number of nitrogens with zero attached hydrogens (tertiary/aromatic N) is 3. The summed E-state index contributed by atoms with van der Waals surface area (Å²) in [5.74, 6) is 0.104. The minimum absolute atomic E-state index is 0.0621. The topological polar surface area (TPSA) is 63.6 Å². The second kappa shape index (κ2) is 6.65. The van der Waals surface area contributed by atoms with Gasteiger partial charge < -0.3 is 5.73 Å². The Morgan fingerprint density at radius 1 is 1.40 bits per heavy atom. The lowest BCUT2D eigenvalue weighted by Crippen LogP contribution is -2.19. The van der Waals surface area contributed by atoms with Crippen LogP contribution in [0.2, 0.25) is 0 Å². The summed E-state index contributed by atoms with van der Waals surface area (Å²) in [6.45, 7) is 3.48. The summed E-state index contributed by atoms with van der Waals surface area (Å²) in [5, 5.41) is 0. The van der Waals surface area contributed by atoms with Crippen LogP contribution in [0.5, 0.6) is 0 Å². The van der Waals surface area contributed by atoms with Crippen LogP contribution >= 0.6 is 0 Å². The minimum atomic E-state index is -4.53. The van der Waals surface area contributed by atoms with Gasteiger partial charge in [-0.1, -0.05) is 24.8 Å². The maximum atomic E-state index is 12.5. The monoisotopic (exact) mass is 282 g/mol. The highest BCUT2D eigenvalue weighted by Crippen LogP contribution is 2.27. The van der Waals surface area contributed by atoms with Crippen molar-refractivity contribution in [2.45, 2.75) is 6.18 Å². The van der Waals surface area contributed by atoms with Gasteiger partial charge in [-0.3, -0.25) is 4.99 Å². The quantitative estimate of drug-likeness (QED) is 0.526. The molecule has 0 unspecified atom stereocenters. The van der Waals surface area contributed by atoms with Gasteiger partial charge in [0, 0.05) is 7.05 Å². The van der Waals surface area contributed by atoms with Crippen molar-refractivity contribution in [2.75, 3.05) is 7.05 Å². The van der Waals surface area contributed by atoms with Crippen molar-refractivity contribution in [3.8, 4) is 0 Å². The molecule has 0 saturated carbocycles. The Morgan fingerprint density at radius 3 is 2.65 bits per heavy atom. The van der Waals surface area contributed by atoms with E-state index in [4.69, 9.17) is 5.73 Å². The molecule has 106 valence electrons. The second-order valence-corrected chi connectivity index (χ2v) is 3.58. The van der Waals surface area contributed by atoms with Crippen molar-refractivity contribution >= 4 is 11.7 Å². The van der Waals surface area contributed by atoms with E-state index >= 15 is 0 Å². The van der Waals surface area contributed by atoms with E-state index in [9.17, 15) is 13.2 Å². The van der Waals surface area contributed by atoms with Crippen LogP contribution in [-0.2, 0) is 6.18 Å². The molecular weight excluding hydrogens is 269 g/mol. The predicted molar refractivity (Wildman–Crippen MR) is 72.7 cm³/mol. The summed E-state index contributed by atoms with van der Waals surface area (Å²) < 4.78 is 37.6. The largest absolute Gasteiger partial charge is 0.433 e. The first kappa shape index (κ1) is 15.6. The minimum Gasteiger partial charge on any atom is -0.382 e. The molecule has 4 nitrogen and oxygen atoms in total. The number of allylic oxidation sites excluding steroid dienone is 2. The van der Waals surface area contributed by atoms with Crippen molar-refractivity contribution in [3.05, 3.63) is 54.4 Å². The summed E-state index contributed by atoms with van der Waals surface area (Å²) in [5.41, 5.74) is 4.55. The molecule has 0 amide bonds. The number of nitrogens with two attached hydrogens (primary N) is 1. The van der Waals surface area contributed by atoms with Gasteiger partial charge in [0.1, 0.15) is 17.2 Å². The molecular formula is C13H13F3N4. The molecule has 1 aromatic heterocycles. The average Bonchev–Trinajstić information content (AvgIpc) is 2.42. The summed E-state index contributed by atoms with van der Waals surface area (Å²) >= 11 is 0. The summed E-state index contributed by atoms with van der Waals surface area (Å²) in [4.78, 5) is 11.2. The van der Waals surface area contributed by atoms with Crippen molar-refractivity contribution in [2.24, 2.45) is 15.7 Å². The molecule has 1 heterocycles. The zero-order chi connectivity index (χ0) is 15.2. The lowest BCUT2D eigenvalue weighted by molar-refractivity contribution is -0.141. The summed E-state index contributed by atoms with van der Waals surface area (Å²) in [7, 11) is 1.49. The molecule has 0 fully saturated rings. The third-order valence-electron chi connectivity index (χ3n) is 2.15. The number of aliphatic imine (C=N–C) groups is 2. The van der Waals surface area contributed by atoms with E-state index < -0.39 is 11.9 Å². The molecule has 0 aliphatic heterocycles. The fraction of sp³-hybridized carbons (Fsp3) is 0.154. The molecule has 0 atom stereocenters. The lowest BCUT2D eigenvalue weighted by atomic mass is 10.3. The van der Waals surface area contributed by atoms with Gasteiger partial charge in [0.25, 0.3) is 0 Å². The number of hydrogen-bond donors (Lipinski definition) is 1. The molecule has 0 aromatic carbocycles. The highest BCUT2D eigenvalue weighted by atomic mass is 19.4. The first-order valence-corrected chi connectivity index (χ1v) is 5.53. The zero-order valence-corrected chi connectivity index (χ0v) is 10.7. The van der Waals surface area contributed by atoms with E-state index in [-0.39, 0.29) is 17.4 Å². The molecule has 1 rings (SSSR count). The Hall–Kier alpha value is -2.44. The molecule has 0 aliphatic rings. The molecule has 0 radical (unpaired) electrons. The Balaban J connectivity index is 3.11. The number of pyridine rings is 1. The standard InChI is InChI=1S/C13H13F3N4/c1-3-4-8-11(18-2)20-12(17)9-6-5-7-10(19-9)13(14,15)16/h3-8H,1H2,2H3,(H2,17,18,20)/b8-4+. The third-order valence-corrected chi connectivity index (χ3v) is 2.15. The number of halogens is 3. The van der Waals surface area contributed by atoms with Crippen LogP contribution in [0, 0.1) is 0 Å². The molecule has 20 heavy (non-hydrogen) atoms. The number of amidine groups is 2. The molecule has 0 aliphatic carbocycles. The van der Waals surface area contributed by atoms with Gasteiger partial charge in [0.2, 0.25) is 0 Å². The summed E-state index contributed by atoms with van der Waals surface area (Å²) in [6, 6.07) is 3.43. The lowest BCUT2D eigenvalue weighted by Gasteiger charge is -2.07. The van der Waals surface area contributed by atoms with Gasteiger partial charge in [-0.25, -0.2) is 9.98 Å². The first-order valence-electron chi connectivity index (χ1n) is 5.53. The Kier molecular flexibility index (Phi) is 5.19. The van der Waals surface area contributed by atoms with Gasteiger partial charge >= 0.3 is 6.18 Å². The van der Waals surface area contributed by atoms with Crippen LogP contribution in [0.1, 0.15) is 11.4 Å². The molecule has 1 aromatic rings. The molecule has 2 N–H and O–H groups in total. The van der Waals surface area contributed by atoms with Crippen LogP contribution < -0.4 is 5.73 Å². The van der Waals surface area contributed by atoms with Crippen molar-refractivity contribution in [1.29, 1.82) is 0 Å². The number of aromatic nitrogens is 1. The van der Waals surface area contributed by atoms with E-state index in [0.29, 0.717) is 0 Å². The van der Waals surface area contributed by atoms with E-state index in [1.165, 1.54) is 31.3 Å². The molecule has 0 spiro atoms. The van der Waals surface area contributed by atoms with E-state index in [1.807, 2.05) is 0 Å². The van der Waals surface area contributed by atoms with Crippen LogP contribution in [0.25, 0.3) is 0 Å². The Morgan fingerprint density at radius 2 is 2.10 bits per heavy atom. The average molecular weight is 282 g/mol. The number of alkyl halides is 3. The van der Waals surface area contributed by atoms with Crippen LogP contribution in [0.15, 0.2) is 53.0 Å². The molecule has 7 heteroatoms. The number of hydrogen-bond acceptors (Lipinski definition) is 2. The SMILES string of the molecule is C=C/C=C/C(=NC)N=C(N)c1cccc(C(F)(F)F)n1. The van der Waals surface area contributed by atoms with Gasteiger partial charge in [0.15, 0.2) is 5.84 Å². The van der Waals surface area contributed by atoms with Crippen LogP contribution in [-0.4, -0.2) is 23.7 Å². The third kappa shape index (κ3) is 4.34. The fourth-order valence-electron chi connectivity index (χ4n) is 1.23. The predicted octanol–water partition coefficient (Wildman–Crippen LogP) is 2.58. The summed E-state index contributed by atoms with van der Waals surface area (Å²) in [6.07, 6.45) is 0.0896. The first-order chi connectivity index (χ1) is 9.38. The maximum Gasteiger partial charge on any atom is 0.433 e. The van der Waals surface area contributed by atoms with E-state index in [1.54, 1.807) is 6.08 Å². The van der Waals surface area contributed by atoms with Crippen molar-refractivity contribution in [3.63, 3.8) is 0 Å². The Labute approximate surface area is 114 Å². The number of rotatable bonds is 3. The van der Waals surface area contributed by atoms with Gasteiger partial charge in [0.05, 0.1) is 0 Å².